The average Bonchev–Trinajstić information content (AvgIpc) is 2.95. The number of phenols is 1. The SMILES string of the molecule is COc1ccc2c(c1)=NC(=O)/C(=C/c1sc(=S)n(-c3cccc(O)c3)c1O)C=2. The van der Waals surface area contributed by atoms with Gasteiger partial charge < -0.3 is 14.9 Å². The lowest BCUT2D eigenvalue weighted by molar-refractivity contribution is -0.114. The van der Waals surface area contributed by atoms with Crippen molar-refractivity contribution >= 4 is 41.6 Å². The van der Waals surface area contributed by atoms with E-state index in [9.17, 15) is 15.0 Å². The molecule has 0 atom stereocenters. The van der Waals surface area contributed by atoms with Crippen LogP contribution in [0.3, 0.4) is 0 Å². The predicted octanol–water partition coefficient (Wildman–Crippen LogP) is 2.71. The van der Waals surface area contributed by atoms with Crippen LogP contribution in [-0.2, 0) is 4.79 Å². The Hall–Kier alpha value is -3.23. The molecule has 2 heterocycles. The Kier molecular flexibility index (Phi) is 4.58. The lowest BCUT2D eigenvalue weighted by Gasteiger charge is -2.06. The molecule has 8 heteroatoms. The number of phenolic OH excluding ortho intramolecular Hbond substituents is 1. The second-order valence-electron chi connectivity index (χ2n) is 6.00. The molecule has 0 bridgehead atoms. The number of ether oxygens (including phenoxy) is 1. The van der Waals surface area contributed by atoms with E-state index in [1.54, 1.807) is 43.5 Å². The van der Waals surface area contributed by atoms with Gasteiger partial charge in [-0.1, -0.05) is 6.07 Å². The molecule has 0 fully saturated rings. The summed E-state index contributed by atoms with van der Waals surface area (Å²) in [4.78, 5) is 17.0. The number of aromatic nitrogens is 1. The number of thiazole rings is 1. The number of amides is 1. The fourth-order valence-electron chi connectivity index (χ4n) is 2.85. The minimum absolute atomic E-state index is 0.0616. The number of rotatable bonds is 3. The second kappa shape index (κ2) is 7.06. The van der Waals surface area contributed by atoms with E-state index in [0.717, 1.165) is 16.6 Å². The largest absolute Gasteiger partial charge is 0.508 e. The quantitative estimate of drug-likeness (QED) is 0.512. The van der Waals surface area contributed by atoms with Crippen LogP contribution in [0, 0.1) is 3.95 Å². The Morgan fingerprint density at radius 1 is 1.21 bits per heavy atom. The van der Waals surface area contributed by atoms with Gasteiger partial charge in [0.1, 0.15) is 11.5 Å². The first-order chi connectivity index (χ1) is 13.5. The van der Waals surface area contributed by atoms with Crippen molar-refractivity contribution < 1.29 is 19.7 Å². The summed E-state index contributed by atoms with van der Waals surface area (Å²) in [6.07, 6.45) is 3.28. The number of benzene rings is 2. The van der Waals surface area contributed by atoms with Crippen molar-refractivity contribution in [2.24, 2.45) is 4.99 Å². The van der Waals surface area contributed by atoms with Crippen molar-refractivity contribution in [2.75, 3.05) is 7.11 Å². The Labute approximate surface area is 168 Å². The van der Waals surface area contributed by atoms with Gasteiger partial charge in [0.05, 0.1) is 23.0 Å². The smallest absolute Gasteiger partial charge is 0.277 e. The fraction of sp³-hybridized carbons (Fsp3) is 0.0500. The number of fused-ring (bicyclic) bond motifs is 1. The van der Waals surface area contributed by atoms with Crippen LogP contribution in [0.4, 0.5) is 0 Å². The third kappa shape index (κ3) is 3.23. The zero-order valence-corrected chi connectivity index (χ0v) is 16.3. The van der Waals surface area contributed by atoms with Crippen LogP contribution >= 0.6 is 23.6 Å². The zero-order valence-electron chi connectivity index (χ0n) is 14.6. The van der Waals surface area contributed by atoms with Gasteiger partial charge in [0.2, 0.25) is 5.88 Å². The molecule has 3 aromatic rings. The van der Waals surface area contributed by atoms with Crippen molar-refractivity contribution in [1.29, 1.82) is 0 Å². The van der Waals surface area contributed by atoms with Gasteiger partial charge in [-0.15, -0.1) is 11.3 Å². The lowest BCUT2D eigenvalue weighted by atomic mass is 10.1. The lowest BCUT2D eigenvalue weighted by Crippen LogP contribution is -2.30. The Balaban J connectivity index is 1.82. The van der Waals surface area contributed by atoms with Crippen LogP contribution in [0.15, 0.2) is 53.0 Å². The summed E-state index contributed by atoms with van der Waals surface area (Å²) in [6, 6.07) is 11.7. The highest BCUT2D eigenvalue weighted by Crippen LogP contribution is 2.32. The molecule has 0 saturated carbocycles. The monoisotopic (exact) mass is 410 g/mol. The van der Waals surface area contributed by atoms with Gasteiger partial charge in [-0.2, -0.15) is 0 Å². The summed E-state index contributed by atoms with van der Waals surface area (Å²) in [6.45, 7) is 0. The zero-order chi connectivity index (χ0) is 19.8. The van der Waals surface area contributed by atoms with E-state index in [2.05, 4.69) is 4.99 Å². The highest BCUT2D eigenvalue weighted by Gasteiger charge is 2.16. The maximum absolute atomic E-state index is 12.4. The first kappa shape index (κ1) is 18.1. The molecule has 6 nitrogen and oxygen atoms in total. The van der Waals surface area contributed by atoms with Crippen LogP contribution in [0.25, 0.3) is 17.8 Å². The van der Waals surface area contributed by atoms with Crippen LogP contribution in [-0.4, -0.2) is 27.8 Å². The van der Waals surface area contributed by atoms with Crippen LogP contribution in [0.2, 0.25) is 0 Å². The summed E-state index contributed by atoms with van der Waals surface area (Å²) in [7, 11) is 1.55. The van der Waals surface area contributed by atoms with Crippen LogP contribution in [0.1, 0.15) is 4.88 Å². The summed E-state index contributed by atoms with van der Waals surface area (Å²) in [5.74, 6) is 0.166. The normalized spacial score (nSPS) is 14.3. The molecule has 28 heavy (non-hydrogen) atoms. The summed E-state index contributed by atoms with van der Waals surface area (Å²) >= 11 is 6.51. The maximum atomic E-state index is 12.4. The van der Waals surface area contributed by atoms with Crippen molar-refractivity contribution in [3.63, 3.8) is 0 Å². The van der Waals surface area contributed by atoms with Gasteiger partial charge in [-0.25, -0.2) is 4.99 Å². The number of hydrogen-bond acceptors (Lipinski definition) is 6. The molecule has 0 radical (unpaired) electrons. The van der Waals surface area contributed by atoms with Gasteiger partial charge in [-0.3, -0.25) is 9.36 Å². The first-order valence-electron chi connectivity index (χ1n) is 8.21. The third-order valence-corrected chi connectivity index (χ3v) is 5.51. The molecule has 2 aromatic carbocycles. The number of nitrogens with zero attached hydrogens (tertiary/aromatic N) is 2. The molecule has 1 amide bonds. The first-order valence-corrected chi connectivity index (χ1v) is 9.43. The average molecular weight is 410 g/mol. The molecule has 0 unspecified atom stereocenters. The van der Waals surface area contributed by atoms with Crippen LogP contribution < -0.4 is 15.3 Å². The number of aromatic hydroxyl groups is 2. The van der Waals surface area contributed by atoms with E-state index in [-0.39, 0.29) is 11.6 Å². The van der Waals surface area contributed by atoms with Gasteiger partial charge in [0, 0.05) is 22.9 Å². The van der Waals surface area contributed by atoms with Crippen molar-refractivity contribution in [2.45, 2.75) is 0 Å². The maximum Gasteiger partial charge on any atom is 0.277 e. The fourth-order valence-corrected chi connectivity index (χ4v) is 4.15. The molecule has 1 aliphatic heterocycles. The topological polar surface area (TPSA) is 84.0 Å². The highest BCUT2D eigenvalue weighted by molar-refractivity contribution is 7.73. The molecule has 1 aliphatic rings. The minimum atomic E-state index is -0.414. The molecule has 0 aliphatic carbocycles. The van der Waals surface area contributed by atoms with Gasteiger partial charge in [0.25, 0.3) is 5.91 Å². The van der Waals surface area contributed by atoms with E-state index in [4.69, 9.17) is 17.0 Å². The Morgan fingerprint density at radius 2 is 2.04 bits per heavy atom. The number of methoxy groups -OCH3 is 1. The molecule has 1 aromatic heterocycles. The molecular weight excluding hydrogens is 396 g/mol. The molecular formula is C20H14N2O4S2. The molecule has 0 saturated heterocycles. The predicted molar refractivity (Wildman–Crippen MR) is 109 cm³/mol. The third-order valence-electron chi connectivity index (χ3n) is 4.20. The Morgan fingerprint density at radius 3 is 2.79 bits per heavy atom. The summed E-state index contributed by atoms with van der Waals surface area (Å²) in [5.41, 5.74) is 0.872. The summed E-state index contributed by atoms with van der Waals surface area (Å²) < 4.78 is 6.99. The van der Waals surface area contributed by atoms with Gasteiger partial charge >= 0.3 is 0 Å². The standard InChI is InChI=1S/C20H14N2O4S2/c1-26-15-6-5-11-7-12(18(24)21-16(11)10-15)8-17-19(25)22(20(27)28-17)13-3-2-4-14(23)9-13/h2-10,23,25H,1H3/b12-8+. The number of carbonyl (C=O) groups excluding carboxylic acids is 1. The van der Waals surface area contributed by atoms with E-state index in [1.165, 1.54) is 16.7 Å². The van der Waals surface area contributed by atoms with E-state index in [0.29, 0.717) is 31.2 Å². The van der Waals surface area contributed by atoms with Gasteiger partial charge in [0.15, 0.2) is 3.95 Å². The minimum Gasteiger partial charge on any atom is -0.508 e. The van der Waals surface area contributed by atoms with Crippen molar-refractivity contribution in [3.8, 4) is 23.1 Å². The van der Waals surface area contributed by atoms with E-state index >= 15 is 0 Å². The van der Waals surface area contributed by atoms with E-state index < -0.39 is 5.91 Å². The van der Waals surface area contributed by atoms with Crippen LogP contribution in [0.5, 0.6) is 17.4 Å². The molecule has 0 spiro atoms. The molecule has 2 N–H and O–H groups in total. The van der Waals surface area contributed by atoms with Crippen molar-refractivity contribution in [3.05, 3.63) is 67.4 Å². The Bertz CT molecular complexity index is 1320. The number of hydrogen-bond donors (Lipinski definition) is 2. The molecule has 4 rings (SSSR count). The van der Waals surface area contributed by atoms with E-state index in [1.807, 2.05) is 6.07 Å². The van der Waals surface area contributed by atoms with Gasteiger partial charge in [-0.05, 0) is 48.6 Å². The second-order valence-corrected chi connectivity index (χ2v) is 7.67. The summed E-state index contributed by atoms with van der Waals surface area (Å²) in [5, 5.41) is 21.6. The highest BCUT2D eigenvalue weighted by atomic mass is 32.1. The van der Waals surface area contributed by atoms with Crippen molar-refractivity contribution in [1.82, 2.24) is 4.57 Å². The number of carbonyl (C=O) groups is 1. The molecule has 140 valence electrons.